The number of aromatic hydroxyl groups is 1. The van der Waals surface area contributed by atoms with Crippen molar-refractivity contribution in [3.8, 4) is 5.75 Å². The maximum atomic E-state index is 10.1. The number of phenols is 1. The van der Waals surface area contributed by atoms with Crippen LogP contribution in [0.25, 0.3) is 10.8 Å². The topological polar surface area (TPSA) is 45.2 Å². The molecule has 3 rings (SSSR count). The first-order valence-electron chi connectivity index (χ1n) is 7.00. The van der Waals surface area contributed by atoms with E-state index in [9.17, 15) is 5.11 Å². The number of hydrogen-bond acceptors (Lipinski definition) is 4. The Morgan fingerprint density at radius 3 is 2.81 bits per heavy atom. The third-order valence-electron chi connectivity index (χ3n) is 3.61. The molecule has 0 spiro atoms. The van der Waals surface area contributed by atoms with Crippen LogP contribution in [0.2, 0.25) is 0 Å². The quantitative estimate of drug-likeness (QED) is 0.760. The number of rotatable bonds is 4. The van der Waals surface area contributed by atoms with Crippen molar-refractivity contribution in [3.63, 3.8) is 0 Å². The summed E-state index contributed by atoms with van der Waals surface area (Å²) < 4.78 is 0. The van der Waals surface area contributed by atoms with Gasteiger partial charge in [0.1, 0.15) is 10.8 Å². The fraction of sp³-hybridized carbons (Fsp3) is 0.235. The Hall–Kier alpha value is -1.91. The first kappa shape index (κ1) is 14.0. The molecule has 3 aromatic rings. The van der Waals surface area contributed by atoms with E-state index in [0.29, 0.717) is 12.3 Å². The molecule has 2 aromatic carbocycles. The smallest absolute Gasteiger partial charge is 0.120 e. The molecule has 0 aliphatic carbocycles. The van der Waals surface area contributed by atoms with Crippen LogP contribution < -0.4 is 5.32 Å². The largest absolute Gasteiger partial charge is 0.508 e. The highest BCUT2D eigenvalue weighted by atomic mass is 32.1. The third kappa shape index (κ3) is 2.91. The number of aromatic nitrogens is 1. The molecule has 0 bridgehead atoms. The van der Waals surface area contributed by atoms with Crippen molar-refractivity contribution >= 4 is 22.1 Å². The third-order valence-corrected chi connectivity index (χ3v) is 4.71. The minimum absolute atomic E-state index is 0.169. The monoisotopic (exact) mass is 298 g/mol. The summed E-state index contributed by atoms with van der Waals surface area (Å²) in [5, 5.41) is 16.9. The Labute approximate surface area is 128 Å². The van der Waals surface area contributed by atoms with Crippen LogP contribution in [0.3, 0.4) is 0 Å². The summed E-state index contributed by atoms with van der Waals surface area (Å²) in [7, 11) is 0. The predicted octanol–water partition coefficient (Wildman–Crippen LogP) is 4.16. The van der Waals surface area contributed by atoms with Crippen molar-refractivity contribution in [2.24, 2.45) is 0 Å². The molecule has 1 unspecified atom stereocenters. The zero-order valence-electron chi connectivity index (χ0n) is 12.1. The summed E-state index contributed by atoms with van der Waals surface area (Å²) in [6.45, 7) is 4.78. The fourth-order valence-electron chi connectivity index (χ4n) is 2.43. The first-order valence-corrected chi connectivity index (χ1v) is 7.82. The molecule has 0 saturated heterocycles. The number of phenolic OH excluding ortho intramolecular Hbond substituents is 1. The van der Waals surface area contributed by atoms with Crippen molar-refractivity contribution < 1.29 is 5.11 Å². The predicted molar refractivity (Wildman–Crippen MR) is 87.7 cm³/mol. The SMILES string of the molecule is Cc1cnc(C(C)NCc2c(O)ccc3ccccc23)s1. The molecule has 2 N–H and O–H groups in total. The average Bonchev–Trinajstić information content (AvgIpc) is 2.92. The number of aryl methyl sites for hydroxylation is 1. The van der Waals surface area contributed by atoms with Gasteiger partial charge in [-0.15, -0.1) is 11.3 Å². The van der Waals surface area contributed by atoms with Crippen molar-refractivity contribution in [1.29, 1.82) is 0 Å². The maximum Gasteiger partial charge on any atom is 0.120 e. The second-order valence-electron chi connectivity index (χ2n) is 5.20. The lowest BCUT2D eigenvalue weighted by Crippen LogP contribution is -2.18. The van der Waals surface area contributed by atoms with E-state index < -0.39 is 0 Å². The lowest BCUT2D eigenvalue weighted by molar-refractivity contribution is 0.462. The molecule has 3 nitrogen and oxygen atoms in total. The summed E-state index contributed by atoms with van der Waals surface area (Å²) in [5.74, 6) is 0.337. The van der Waals surface area contributed by atoms with E-state index in [1.54, 1.807) is 17.4 Å². The van der Waals surface area contributed by atoms with E-state index >= 15 is 0 Å². The summed E-state index contributed by atoms with van der Waals surface area (Å²) >= 11 is 1.70. The maximum absolute atomic E-state index is 10.1. The van der Waals surface area contributed by atoms with Gasteiger partial charge in [-0.1, -0.05) is 30.3 Å². The first-order chi connectivity index (χ1) is 10.1. The lowest BCUT2D eigenvalue weighted by Gasteiger charge is -2.14. The van der Waals surface area contributed by atoms with Gasteiger partial charge in [-0.25, -0.2) is 4.98 Å². The molecule has 0 radical (unpaired) electrons. The van der Waals surface area contributed by atoms with Crippen LogP contribution in [0.15, 0.2) is 42.6 Å². The van der Waals surface area contributed by atoms with Crippen molar-refractivity contribution in [2.45, 2.75) is 26.4 Å². The van der Waals surface area contributed by atoms with Gasteiger partial charge in [0.05, 0.1) is 6.04 Å². The van der Waals surface area contributed by atoms with Gasteiger partial charge in [-0.3, -0.25) is 0 Å². The second kappa shape index (κ2) is 5.84. The van der Waals surface area contributed by atoms with Crippen LogP contribution >= 0.6 is 11.3 Å². The number of thiazole rings is 1. The van der Waals surface area contributed by atoms with Crippen molar-refractivity contribution in [1.82, 2.24) is 10.3 Å². The van der Waals surface area contributed by atoms with Crippen LogP contribution in [-0.2, 0) is 6.54 Å². The molecule has 0 aliphatic rings. The molecule has 21 heavy (non-hydrogen) atoms. The molecule has 0 fully saturated rings. The molecule has 108 valence electrons. The van der Waals surface area contributed by atoms with Crippen LogP contribution in [0, 0.1) is 6.92 Å². The lowest BCUT2D eigenvalue weighted by atomic mass is 10.0. The standard InChI is InChI=1S/C17H18N2OS/c1-11-9-19-17(21-11)12(2)18-10-15-14-6-4-3-5-13(14)7-8-16(15)20/h3-9,12,18,20H,10H2,1-2H3. The zero-order valence-corrected chi connectivity index (χ0v) is 12.9. The highest BCUT2D eigenvalue weighted by molar-refractivity contribution is 7.11. The normalized spacial score (nSPS) is 12.7. The molecule has 4 heteroatoms. The summed E-state index contributed by atoms with van der Waals surface area (Å²) in [5.41, 5.74) is 0.938. The van der Waals surface area contributed by atoms with Gasteiger partial charge >= 0.3 is 0 Å². The summed E-state index contributed by atoms with van der Waals surface area (Å²) in [4.78, 5) is 5.62. The van der Waals surface area contributed by atoms with Crippen molar-refractivity contribution in [2.75, 3.05) is 0 Å². The summed E-state index contributed by atoms with van der Waals surface area (Å²) in [6.07, 6.45) is 1.90. The van der Waals surface area contributed by atoms with Gasteiger partial charge in [0.15, 0.2) is 0 Å². The van der Waals surface area contributed by atoms with Gasteiger partial charge < -0.3 is 10.4 Å². The molecule has 0 saturated carbocycles. The Morgan fingerprint density at radius 2 is 2.05 bits per heavy atom. The minimum Gasteiger partial charge on any atom is -0.508 e. The molecule has 1 heterocycles. The van der Waals surface area contributed by atoms with Crippen LogP contribution in [-0.4, -0.2) is 10.1 Å². The number of fused-ring (bicyclic) bond motifs is 1. The van der Waals surface area contributed by atoms with Gasteiger partial charge in [-0.05, 0) is 30.7 Å². The van der Waals surface area contributed by atoms with Gasteiger partial charge in [0, 0.05) is 23.2 Å². The Bertz CT molecular complexity index is 766. The average molecular weight is 298 g/mol. The Kier molecular flexibility index (Phi) is 3.90. The number of hydrogen-bond donors (Lipinski definition) is 2. The van der Waals surface area contributed by atoms with Crippen molar-refractivity contribution in [3.05, 3.63) is 58.0 Å². The Balaban J connectivity index is 1.83. The molecule has 1 atom stereocenters. The highest BCUT2D eigenvalue weighted by Gasteiger charge is 2.12. The van der Waals surface area contributed by atoms with E-state index in [2.05, 4.69) is 30.2 Å². The van der Waals surface area contributed by atoms with Crippen LogP contribution in [0.4, 0.5) is 0 Å². The molecule has 1 aromatic heterocycles. The van der Waals surface area contributed by atoms with E-state index in [-0.39, 0.29) is 6.04 Å². The van der Waals surface area contributed by atoms with Gasteiger partial charge in [-0.2, -0.15) is 0 Å². The fourth-order valence-corrected chi connectivity index (χ4v) is 3.23. The van der Waals surface area contributed by atoms with E-state index in [0.717, 1.165) is 21.3 Å². The minimum atomic E-state index is 0.169. The highest BCUT2D eigenvalue weighted by Crippen LogP contribution is 2.28. The van der Waals surface area contributed by atoms with E-state index in [1.807, 2.05) is 30.5 Å². The molecule has 0 amide bonds. The Morgan fingerprint density at radius 1 is 1.24 bits per heavy atom. The molecular formula is C17H18N2OS. The van der Waals surface area contributed by atoms with E-state index in [1.165, 1.54) is 4.88 Å². The summed E-state index contributed by atoms with van der Waals surface area (Å²) in [6, 6.07) is 12.0. The van der Waals surface area contributed by atoms with Crippen LogP contribution in [0.1, 0.15) is 28.4 Å². The van der Waals surface area contributed by atoms with Gasteiger partial charge in [0.2, 0.25) is 0 Å². The second-order valence-corrected chi connectivity index (χ2v) is 6.46. The zero-order chi connectivity index (χ0) is 14.8. The van der Waals surface area contributed by atoms with Gasteiger partial charge in [0.25, 0.3) is 0 Å². The number of nitrogens with zero attached hydrogens (tertiary/aromatic N) is 1. The van der Waals surface area contributed by atoms with Crippen LogP contribution in [0.5, 0.6) is 5.75 Å². The number of benzene rings is 2. The molecular weight excluding hydrogens is 280 g/mol. The molecule has 0 aliphatic heterocycles. The van der Waals surface area contributed by atoms with E-state index in [4.69, 9.17) is 0 Å². The number of nitrogens with one attached hydrogen (secondary N) is 1.